The number of urea groups is 1. The Morgan fingerprint density at radius 3 is 2.48 bits per heavy atom. The second-order valence-electron chi connectivity index (χ2n) is 4.94. The molecule has 0 heterocycles. The number of benzene rings is 2. The number of para-hydroxylation sites is 2. The molecule has 0 aliphatic heterocycles. The van der Waals surface area contributed by atoms with Gasteiger partial charge < -0.3 is 15.4 Å². The zero-order chi connectivity index (χ0) is 15.1. The minimum atomic E-state index is -0.234. The number of anilines is 1. The monoisotopic (exact) mass is 284 g/mol. The van der Waals surface area contributed by atoms with Gasteiger partial charge in [0.05, 0.1) is 6.04 Å². The van der Waals surface area contributed by atoms with Crippen LogP contribution in [0, 0.1) is 6.92 Å². The minimum Gasteiger partial charge on any atom is -0.491 e. The van der Waals surface area contributed by atoms with Gasteiger partial charge in [-0.25, -0.2) is 4.79 Å². The lowest BCUT2D eigenvalue weighted by Gasteiger charge is -2.16. The lowest BCUT2D eigenvalue weighted by molar-refractivity contribution is 0.236. The van der Waals surface area contributed by atoms with Crippen molar-refractivity contribution >= 4 is 11.7 Å². The van der Waals surface area contributed by atoms with Crippen molar-refractivity contribution in [3.8, 4) is 5.75 Å². The fraction of sp³-hybridized carbons (Fsp3) is 0.235. The van der Waals surface area contributed by atoms with Crippen LogP contribution in [-0.2, 0) is 0 Å². The molecular formula is C17H20N2O2. The van der Waals surface area contributed by atoms with E-state index in [1.165, 1.54) is 0 Å². The molecule has 0 aliphatic carbocycles. The maximum Gasteiger partial charge on any atom is 0.319 e. The number of rotatable bonds is 5. The highest BCUT2D eigenvalue weighted by Gasteiger charge is 2.08. The van der Waals surface area contributed by atoms with Crippen LogP contribution in [0.4, 0.5) is 10.5 Å². The summed E-state index contributed by atoms with van der Waals surface area (Å²) in [5.41, 5.74) is 1.85. The topological polar surface area (TPSA) is 50.4 Å². The van der Waals surface area contributed by atoms with Gasteiger partial charge in [0.2, 0.25) is 0 Å². The lowest BCUT2D eigenvalue weighted by Crippen LogP contribution is -2.39. The van der Waals surface area contributed by atoms with E-state index in [4.69, 9.17) is 4.74 Å². The van der Waals surface area contributed by atoms with Gasteiger partial charge in [0.1, 0.15) is 12.4 Å². The Morgan fingerprint density at radius 2 is 1.76 bits per heavy atom. The molecular weight excluding hydrogens is 264 g/mol. The molecule has 0 radical (unpaired) electrons. The lowest BCUT2D eigenvalue weighted by atomic mass is 10.2. The van der Waals surface area contributed by atoms with Crippen molar-refractivity contribution in [3.63, 3.8) is 0 Å². The SMILES string of the molecule is Cc1ccccc1OC[C@H](C)NC(=O)Nc1ccccc1. The molecule has 0 saturated carbocycles. The molecule has 2 amide bonds. The summed E-state index contributed by atoms with van der Waals surface area (Å²) in [6, 6.07) is 16.8. The smallest absolute Gasteiger partial charge is 0.319 e. The Balaban J connectivity index is 1.78. The largest absolute Gasteiger partial charge is 0.491 e. The zero-order valence-corrected chi connectivity index (χ0v) is 12.3. The van der Waals surface area contributed by atoms with Crippen LogP contribution < -0.4 is 15.4 Å². The quantitative estimate of drug-likeness (QED) is 0.881. The summed E-state index contributed by atoms with van der Waals surface area (Å²) in [7, 11) is 0. The van der Waals surface area contributed by atoms with Crippen LogP contribution >= 0.6 is 0 Å². The average Bonchev–Trinajstić information content (AvgIpc) is 2.47. The first-order chi connectivity index (χ1) is 10.1. The van der Waals surface area contributed by atoms with Gasteiger partial charge in [0.25, 0.3) is 0 Å². The van der Waals surface area contributed by atoms with Crippen LogP contribution in [-0.4, -0.2) is 18.7 Å². The summed E-state index contributed by atoms with van der Waals surface area (Å²) in [4.78, 5) is 11.8. The van der Waals surface area contributed by atoms with E-state index in [0.717, 1.165) is 17.0 Å². The number of amides is 2. The summed E-state index contributed by atoms with van der Waals surface area (Å²) >= 11 is 0. The molecule has 21 heavy (non-hydrogen) atoms. The first kappa shape index (κ1) is 14.9. The number of aryl methyl sites for hydroxylation is 1. The molecule has 2 rings (SSSR count). The Labute approximate surface area is 125 Å². The minimum absolute atomic E-state index is 0.0895. The third-order valence-electron chi connectivity index (χ3n) is 2.99. The second kappa shape index (κ2) is 7.33. The van der Waals surface area contributed by atoms with Crippen molar-refractivity contribution in [1.82, 2.24) is 5.32 Å². The highest BCUT2D eigenvalue weighted by Crippen LogP contribution is 2.16. The highest BCUT2D eigenvalue weighted by atomic mass is 16.5. The molecule has 1 atom stereocenters. The molecule has 0 unspecified atom stereocenters. The molecule has 110 valence electrons. The van der Waals surface area contributed by atoms with Crippen molar-refractivity contribution in [1.29, 1.82) is 0 Å². The number of nitrogens with one attached hydrogen (secondary N) is 2. The van der Waals surface area contributed by atoms with E-state index < -0.39 is 0 Å². The van der Waals surface area contributed by atoms with Gasteiger partial charge in [0.15, 0.2) is 0 Å². The van der Waals surface area contributed by atoms with E-state index in [0.29, 0.717) is 6.61 Å². The summed E-state index contributed by atoms with van der Waals surface area (Å²) in [6.07, 6.45) is 0. The number of hydrogen-bond donors (Lipinski definition) is 2. The predicted molar refractivity (Wildman–Crippen MR) is 84.7 cm³/mol. The van der Waals surface area contributed by atoms with E-state index in [-0.39, 0.29) is 12.1 Å². The van der Waals surface area contributed by atoms with Crippen LogP contribution in [0.15, 0.2) is 54.6 Å². The third-order valence-corrected chi connectivity index (χ3v) is 2.99. The maximum absolute atomic E-state index is 11.8. The molecule has 0 saturated heterocycles. The van der Waals surface area contributed by atoms with E-state index >= 15 is 0 Å². The van der Waals surface area contributed by atoms with Crippen molar-refractivity contribution in [3.05, 3.63) is 60.2 Å². The summed E-state index contributed by atoms with van der Waals surface area (Å²) < 4.78 is 5.71. The molecule has 0 spiro atoms. The fourth-order valence-corrected chi connectivity index (χ4v) is 1.89. The summed E-state index contributed by atoms with van der Waals surface area (Å²) in [5, 5.41) is 5.62. The van der Waals surface area contributed by atoms with Crippen LogP contribution in [0.1, 0.15) is 12.5 Å². The molecule has 2 N–H and O–H groups in total. The van der Waals surface area contributed by atoms with Crippen LogP contribution in [0.2, 0.25) is 0 Å². The standard InChI is InChI=1S/C17H20N2O2/c1-13-8-6-7-11-16(13)21-12-14(2)18-17(20)19-15-9-4-3-5-10-15/h3-11,14H,12H2,1-2H3,(H2,18,19,20)/t14-/m0/s1. The van der Waals surface area contributed by atoms with Crippen LogP contribution in [0.3, 0.4) is 0 Å². The van der Waals surface area contributed by atoms with Gasteiger partial charge >= 0.3 is 6.03 Å². The van der Waals surface area contributed by atoms with Crippen molar-refractivity contribution in [2.75, 3.05) is 11.9 Å². The van der Waals surface area contributed by atoms with Crippen LogP contribution in [0.25, 0.3) is 0 Å². The van der Waals surface area contributed by atoms with E-state index in [1.807, 2.05) is 68.4 Å². The van der Waals surface area contributed by atoms with Crippen molar-refractivity contribution in [2.24, 2.45) is 0 Å². The normalized spacial score (nSPS) is 11.5. The first-order valence-electron chi connectivity index (χ1n) is 6.96. The van der Waals surface area contributed by atoms with E-state index in [2.05, 4.69) is 10.6 Å². The van der Waals surface area contributed by atoms with Crippen molar-refractivity contribution < 1.29 is 9.53 Å². The molecule has 0 aromatic heterocycles. The number of hydrogen-bond acceptors (Lipinski definition) is 2. The Morgan fingerprint density at radius 1 is 1.10 bits per heavy atom. The van der Waals surface area contributed by atoms with Gasteiger partial charge in [-0.3, -0.25) is 0 Å². The first-order valence-corrected chi connectivity index (χ1v) is 6.96. The fourth-order valence-electron chi connectivity index (χ4n) is 1.89. The Kier molecular flexibility index (Phi) is 5.21. The number of carbonyl (C=O) groups excluding carboxylic acids is 1. The predicted octanol–water partition coefficient (Wildman–Crippen LogP) is 3.58. The molecule has 0 fully saturated rings. The Hall–Kier alpha value is -2.49. The van der Waals surface area contributed by atoms with E-state index in [1.54, 1.807) is 0 Å². The summed E-state index contributed by atoms with van der Waals surface area (Å²) in [5.74, 6) is 0.842. The average molecular weight is 284 g/mol. The van der Waals surface area contributed by atoms with Gasteiger partial charge in [0, 0.05) is 5.69 Å². The van der Waals surface area contributed by atoms with Gasteiger partial charge in [-0.15, -0.1) is 0 Å². The number of carbonyl (C=O) groups is 1. The van der Waals surface area contributed by atoms with Gasteiger partial charge in [-0.2, -0.15) is 0 Å². The Bertz CT molecular complexity index is 584. The van der Waals surface area contributed by atoms with Crippen LogP contribution in [0.5, 0.6) is 5.75 Å². The second-order valence-corrected chi connectivity index (χ2v) is 4.94. The number of ether oxygens (including phenoxy) is 1. The molecule has 0 bridgehead atoms. The molecule has 0 aliphatic rings. The zero-order valence-electron chi connectivity index (χ0n) is 12.3. The maximum atomic E-state index is 11.8. The highest BCUT2D eigenvalue weighted by molar-refractivity contribution is 5.89. The van der Waals surface area contributed by atoms with Crippen molar-refractivity contribution in [2.45, 2.75) is 19.9 Å². The molecule has 2 aromatic carbocycles. The molecule has 2 aromatic rings. The third kappa shape index (κ3) is 4.84. The molecule has 4 nitrogen and oxygen atoms in total. The summed E-state index contributed by atoms with van der Waals surface area (Å²) in [6.45, 7) is 4.32. The van der Waals surface area contributed by atoms with Gasteiger partial charge in [-0.1, -0.05) is 36.4 Å². The van der Waals surface area contributed by atoms with E-state index in [9.17, 15) is 4.79 Å². The molecule has 4 heteroatoms. The van der Waals surface area contributed by atoms with Gasteiger partial charge in [-0.05, 0) is 37.6 Å².